The van der Waals surface area contributed by atoms with Crippen molar-refractivity contribution in [3.8, 4) is 5.69 Å². The molecule has 8 heteroatoms. The Labute approximate surface area is 182 Å². The molecule has 0 bridgehead atoms. The topological polar surface area (TPSA) is 107 Å². The van der Waals surface area contributed by atoms with Gasteiger partial charge < -0.3 is 10.7 Å². The normalized spacial score (nSPS) is 12.7. The van der Waals surface area contributed by atoms with E-state index in [-0.39, 0.29) is 22.5 Å². The molecule has 0 aliphatic carbocycles. The Bertz CT molecular complexity index is 1480. The third-order valence-electron chi connectivity index (χ3n) is 5.36. The summed E-state index contributed by atoms with van der Waals surface area (Å²) in [6.45, 7) is 0.292. The van der Waals surface area contributed by atoms with Crippen molar-refractivity contribution in [2.75, 3.05) is 0 Å². The molecule has 0 amide bonds. The summed E-state index contributed by atoms with van der Waals surface area (Å²) in [5, 5.41) is 1.55. The number of nitrogens with zero attached hydrogens (tertiary/aromatic N) is 3. The second kappa shape index (κ2) is 7.44. The van der Waals surface area contributed by atoms with E-state index in [9.17, 15) is 14.0 Å². The highest BCUT2D eigenvalue weighted by atomic mass is 19.1. The minimum Gasteiger partial charge on any atom is -0.397 e. The lowest BCUT2D eigenvalue weighted by Crippen LogP contribution is -2.25. The van der Waals surface area contributed by atoms with Gasteiger partial charge in [0.2, 0.25) is 5.78 Å². The van der Waals surface area contributed by atoms with E-state index in [1.54, 1.807) is 24.4 Å². The van der Waals surface area contributed by atoms with Gasteiger partial charge in [-0.1, -0.05) is 36.4 Å². The van der Waals surface area contributed by atoms with E-state index in [0.29, 0.717) is 23.5 Å². The Morgan fingerprint density at radius 1 is 1.06 bits per heavy atom. The minimum atomic E-state index is -0.539. The molecule has 158 valence electrons. The zero-order valence-corrected chi connectivity index (χ0v) is 16.8. The number of hydrogen-bond donors (Lipinski definition) is 2. The van der Waals surface area contributed by atoms with Crippen LogP contribution in [-0.2, 0) is 6.54 Å². The molecule has 4 aromatic rings. The van der Waals surface area contributed by atoms with Crippen molar-refractivity contribution in [1.82, 2.24) is 14.6 Å². The first-order valence-corrected chi connectivity index (χ1v) is 9.87. The zero-order chi connectivity index (χ0) is 22.4. The number of halogens is 1. The molecule has 32 heavy (non-hydrogen) atoms. The molecule has 1 aromatic heterocycles. The predicted octanol–water partition coefficient (Wildman–Crippen LogP) is 2.70. The molecule has 1 aliphatic rings. The number of fused-ring (bicyclic) bond motifs is 4. The van der Waals surface area contributed by atoms with Gasteiger partial charge in [0.1, 0.15) is 5.82 Å². The van der Waals surface area contributed by atoms with Crippen molar-refractivity contribution >= 4 is 22.4 Å². The van der Waals surface area contributed by atoms with E-state index in [2.05, 4.69) is 4.98 Å². The predicted molar refractivity (Wildman–Crippen MR) is 119 cm³/mol. The standard InChI is InChI=1S/C24H18FN5O2/c25-16-7-8-20-17(11-16)24(32)30-21-9-6-14(10-18(21)22(31)23(30)28-20)12-29(27)13-19(26)15-4-2-1-3-5-15/h1-11,13H,12,26-27H2/b19-13-. The Balaban J connectivity index is 1.49. The van der Waals surface area contributed by atoms with E-state index < -0.39 is 11.4 Å². The fraction of sp³-hybridized carbons (Fsp3) is 0.0417. The lowest BCUT2D eigenvalue weighted by atomic mass is 10.1. The summed E-state index contributed by atoms with van der Waals surface area (Å²) in [6.07, 6.45) is 1.62. The van der Waals surface area contributed by atoms with Crippen molar-refractivity contribution in [3.05, 3.63) is 112 Å². The quantitative estimate of drug-likeness (QED) is 0.337. The molecule has 7 nitrogen and oxygen atoms in total. The maximum absolute atomic E-state index is 13.6. The monoisotopic (exact) mass is 427 g/mol. The second-order valence-electron chi connectivity index (χ2n) is 7.54. The van der Waals surface area contributed by atoms with Gasteiger partial charge in [0, 0.05) is 6.20 Å². The van der Waals surface area contributed by atoms with Crippen LogP contribution in [-0.4, -0.2) is 20.3 Å². The molecule has 0 radical (unpaired) electrons. The van der Waals surface area contributed by atoms with Crippen molar-refractivity contribution in [1.29, 1.82) is 0 Å². The van der Waals surface area contributed by atoms with Gasteiger partial charge in [-0.3, -0.25) is 14.2 Å². The molecule has 0 atom stereocenters. The maximum Gasteiger partial charge on any atom is 0.266 e. The van der Waals surface area contributed by atoms with Crippen LogP contribution in [0.1, 0.15) is 27.3 Å². The van der Waals surface area contributed by atoms with Crippen LogP contribution < -0.4 is 17.1 Å². The Hall–Kier alpha value is -4.30. The first kappa shape index (κ1) is 19.7. The molecule has 4 N–H and O–H groups in total. The molecule has 2 heterocycles. The number of hydrazine groups is 1. The van der Waals surface area contributed by atoms with Crippen LogP contribution in [0, 0.1) is 5.82 Å². The lowest BCUT2D eigenvalue weighted by Gasteiger charge is -2.16. The number of carbonyl (C=O) groups is 1. The number of aromatic nitrogens is 2. The van der Waals surface area contributed by atoms with Crippen LogP contribution in [0.4, 0.5) is 4.39 Å². The summed E-state index contributed by atoms with van der Waals surface area (Å²) >= 11 is 0. The van der Waals surface area contributed by atoms with Gasteiger partial charge in [-0.2, -0.15) is 0 Å². The largest absolute Gasteiger partial charge is 0.397 e. The van der Waals surface area contributed by atoms with Crippen molar-refractivity contribution in [3.63, 3.8) is 0 Å². The fourth-order valence-corrected chi connectivity index (χ4v) is 3.85. The van der Waals surface area contributed by atoms with Gasteiger partial charge in [-0.15, -0.1) is 0 Å². The molecule has 0 spiro atoms. The van der Waals surface area contributed by atoms with Crippen LogP contribution in [0.5, 0.6) is 0 Å². The highest BCUT2D eigenvalue weighted by Crippen LogP contribution is 2.27. The fourth-order valence-electron chi connectivity index (χ4n) is 3.85. The summed E-state index contributed by atoms with van der Waals surface area (Å²) in [6, 6.07) is 18.3. The summed E-state index contributed by atoms with van der Waals surface area (Å²) in [5.41, 5.74) is 8.77. The summed E-state index contributed by atoms with van der Waals surface area (Å²) in [4.78, 5) is 30.2. The summed E-state index contributed by atoms with van der Waals surface area (Å²) < 4.78 is 14.9. The van der Waals surface area contributed by atoms with Crippen molar-refractivity contribution < 1.29 is 9.18 Å². The van der Waals surface area contributed by atoms with Crippen LogP contribution >= 0.6 is 0 Å². The summed E-state index contributed by atoms with van der Waals surface area (Å²) in [7, 11) is 0. The van der Waals surface area contributed by atoms with Crippen molar-refractivity contribution in [2.24, 2.45) is 11.6 Å². The van der Waals surface area contributed by atoms with Crippen LogP contribution in [0.3, 0.4) is 0 Å². The summed E-state index contributed by atoms with van der Waals surface area (Å²) in [5.74, 6) is 5.21. The number of benzene rings is 3. The average molecular weight is 427 g/mol. The van der Waals surface area contributed by atoms with E-state index >= 15 is 0 Å². The van der Waals surface area contributed by atoms with Gasteiger partial charge in [0.25, 0.3) is 5.56 Å². The van der Waals surface area contributed by atoms with Crippen molar-refractivity contribution in [2.45, 2.75) is 6.54 Å². The highest BCUT2D eigenvalue weighted by molar-refractivity contribution is 6.13. The molecule has 0 fully saturated rings. The Morgan fingerprint density at radius 3 is 2.62 bits per heavy atom. The molecule has 0 saturated heterocycles. The number of nitrogens with two attached hydrogens (primary N) is 2. The molecular weight excluding hydrogens is 409 g/mol. The van der Waals surface area contributed by atoms with Gasteiger partial charge in [-0.25, -0.2) is 15.2 Å². The number of ketones is 1. The number of hydrogen-bond acceptors (Lipinski definition) is 6. The highest BCUT2D eigenvalue weighted by Gasteiger charge is 2.30. The maximum atomic E-state index is 13.6. The first-order chi connectivity index (χ1) is 15.4. The smallest absolute Gasteiger partial charge is 0.266 e. The number of rotatable bonds is 4. The van der Waals surface area contributed by atoms with Crippen LogP contribution in [0.2, 0.25) is 0 Å². The average Bonchev–Trinajstić information content (AvgIpc) is 3.06. The third kappa shape index (κ3) is 3.23. The SMILES string of the molecule is N/C(=C\N(N)Cc1ccc2c(c1)C(=O)c1nc3ccc(F)cc3c(=O)n1-2)c1ccccc1. The zero-order valence-electron chi connectivity index (χ0n) is 16.8. The first-order valence-electron chi connectivity index (χ1n) is 9.87. The van der Waals surface area contributed by atoms with Gasteiger partial charge in [0.05, 0.1) is 34.4 Å². The van der Waals surface area contributed by atoms with E-state index in [1.165, 1.54) is 21.7 Å². The van der Waals surface area contributed by atoms with Gasteiger partial charge in [-0.05, 0) is 41.5 Å². The van der Waals surface area contributed by atoms with Crippen LogP contribution in [0.15, 0.2) is 77.7 Å². The lowest BCUT2D eigenvalue weighted by molar-refractivity contribution is 0.103. The Kier molecular flexibility index (Phi) is 4.57. The molecule has 0 saturated carbocycles. The Morgan fingerprint density at radius 2 is 1.84 bits per heavy atom. The molecule has 5 rings (SSSR count). The second-order valence-corrected chi connectivity index (χ2v) is 7.54. The van der Waals surface area contributed by atoms with Crippen LogP contribution in [0.25, 0.3) is 22.3 Å². The van der Waals surface area contributed by atoms with E-state index in [0.717, 1.165) is 17.2 Å². The molecular formula is C24H18FN5O2. The molecule has 0 unspecified atom stereocenters. The van der Waals surface area contributed by atoms with Gasteiger partial charge in [0.15, 0.2) is 5.82 Å². The molecule has 1 aliphatic heterocycles. The molecule has 3 aromatic carbocycles. The third-order valence-corrected chi connectivity index (χ3v) is 5.36. The number of carbonyl (C=O) groups excluding carboxylic acids is 1. The van der Waals surface area contributed by atoms with E-state index in [4.69, 9.17) is 11.6 Å². The van der Waals surface area contributed by atoms with E-state index in [1.807, 2.05) is 30.3 Å². The minimum absolute atomic E-state index is 0.0130. The van der Waals surface area contributed by atoms with Gasteiger partial charge >= 0.3 is 0 Å².